The first-order chi connectivity index (χ1) is 13.7. The number of pyridine rings is 2. The molecule has 0 aliphatic heterocycles. The van der Waals surface area contributed by atoms with Gasteiger partial charge in [-0.15, -0.1) is 0 Å². The number of aromatic nitrogens is 2. The van der Waals surface area contributed by atoms with Crippen LogP contribution in [0.15, 0.2) is 71.0 Å². The van der Waals surface area contributed by atoms with E-state index >= 15 is 0 Å². The van der Waals surface area contributed by atoms with Crippen molar-refractivity contribution in [3.8, 4) is 11.8 Å². The van der Waals surface area contributed by atoms with Gasteiger partial charge in [-0.3, -0.25) is 0 Å². The van der Waals surface area contributed by atoms with Crippen molar-refractivity contribution < 1.29 is 9.68 Å². The van der Waals surface area contributed by atoms with Gasteiger partial charge >= 0.3 is 0 Å². The highest BCUT2D eigenvalue weighted by Gasteiger charge is 2.00. The quantitative estimate of drug-likeness (QED) is 0.373. The topological polar surface area (TPSA) is 69.0 Å². The van der Waals surface area contributed by atoms with E-state index in [0.717, 1.165) is 21.8 Å². The first-order valence-electron chi connectivity index (χ1n) is 8.81. The fraction of sp³-hybridized carbons (Fsp3) is 0.0909. The van der Waals surface area contributed by atoms with Gasteiger partial charge in [-0.05, 0) is 50.2 Å². The lowest BCUT2D eigenvalue weighted by molar-refractivity contribution is 0.327. The van der Waals surface area contributed by atoms with Crippen LogP contribution in [0, 0.1) is 13.8 Å². The molecule has 0 saturated carbocycles. The summed E-state index contributed by atoms with van der Waals surface area (Å²) in [6.07, 6.45) is 2.76. The van der Waals surface area contributed by atoms with E-state index in [-0.39, 0.29) is 0 Å². The average Bonchev–Trinajstić information content (AvgIpc) is 2.70. The van der Waals surface area contributed by atoms with Gasteiger partial charge in [0.2, 0.25) is 11.8 Å². The van der Waals surface area contributed by atoms with Gasteiger partial charge in [-0.1, -0.05) is 33.6 Å². The Morgan fingerprint density at radius 2 is 1.11 bits per heavy atom. The molecule has 6 heteroatoms. The number of rotatable bonds is 5. The lowest BCUT2D eigenvalue weighted by atomic mass is 10.1. The summed E-state index contributed by atoms with van der Waals surface area (Å²) in [5, 5.41) is 9.76. The number of benzene rings is 2. The first-order valence-corrected chi connectivity index (χ1v) is 8.81. The second-order valence-corrected chi connectivity index (χ2v) is 6.38. The lowest BCUT2D eigenvalue weighted by Gasteiger charge is -2.01. The summed E-state index contributed by atoms with van der Waals surface area (Å²) < 4.78 is 0. The molecule has 0 unspecified atom stereocenters. The summed E-state index contributed by atoms with van der Waals surface area (Å²) in [4.78, 5) is 19.3. The normalized spacial score (nSPS) is 11.6. The monoisotopic (exact) mass is 370 g/mol. The van der Waals surface area contributed by atoms with Crippen molar-refractivity contribution in [3.63, 3.8) is 0 Å². The largest absolute Gasteiger partial charge is 0.337 e. The summed E-state index contributed by atoms with van der Waals surface area (Å²) in [5.41, 5.74) is 4.09. The molecule has 0 amide bonds. The number of fused-ring (bicyclic) bond motifs is 2. The van der Waals surface area contributed by atoms with Crippen LogP contribution in [0.2, 0.25) is 0 Å². The minimum absolute atomic E-state index is 0.411. The number of hydrogen-bond donors (Lipinski definition) is 0. The molecule has 0 radical (unpaired) electrons. The van der Waals surface area contributed by atoms with Crippen molar-refractivity contribution in [2.75, 3.05) is 0 Å². The maximum Gasteiger partial charge on any atom is 0.249 e. The van der Waals surface area contributed by atoms with Gasteiger partial charge in [0.1, 0.15) is 0 Å². The van der Waals surface area contributed by atoms with Crippen molar-refractivity contribution in [2.24, 2.45) is 10.3 Å². The highest BCUT2D eigenvalue weighted by Crippen LogP contribution is 2.19. The Labute approximate surface area is 162 Å². The molecule has 4 aromatic rings. The van der Waals surface area contributed by atoms with Gasteiger partial charge in [-0.25, -0.2) is 9.97 Å². The van der Waals surface area contributed by atoms with Crippen LogP contribution >= 0.6 is 0 Å². The average molecular weight is 370 g/mol. The summed E-state index contributed by atoms with van der Waals surface area (Å²) >= 11 is 0. The SMILES string of the molecule is Cc1ccc2nc(O/N=C/C=N/Oc3ccc4cc(C)ccc4n3)ccc2c1. The fourth-order valence-electron chi connectivity index (χ4n) is 2.78. The van der Waals surface area contributed by atoms with Crippen LogP contribution in [-0.2, 0) is 0 Å². The lowest BCUT2D eigenvalue weighted by Crippen LogP contribution is -1.92. The molecule has 2 aromatic heterocycles. The maximum absolute atomic E-state index is 5.26. The van der Waals surface area contributed by atoms with Crippen LogP contribution in [0.25, 0.3) is 21.8 Å². The van der Waals surface area contributed by atoms with Gasteiger partial charge in [0, 0.05) is 22.9 Å². The molecule has 4 rings (SSSR count). The van der Waals surface area contributed by atoms with E-state index in [1.165, 1.54) is 23.6 Å². The van der Waals surface area contributed by atoms with E-state index in [9.17, 15) is 0 Å². The predicted octanol–water partition coefficient (Wildman–Crippen LogP) is 4.83. The van der Waals surface area contributed by atoms with Crippen molar-refractivity contribution in [2.45, 2.75) is 13.8 Å². The smallest absolute Gasteiger partial charge is 0.249 e. The third kappa shape index (κ3) is 4.12. The molecular weight excluding hydrogens is 352 g/mol. The van der Waals surface area contributed by atoms with Gasteiger partial charge < -0.3 is 9.68 Å². The second-order valence-electron chi connectivity index (χ2n) is 6.38. The van der Waals surface area contributed by atoms with E-state index in [2.05, 4.69) is 32.4 Å². The second kappa shape index (κ2) is 7.84. The highest BCUT2D eigenvalue weighted by atomic mass is 16.6. The van der Waals surface area contributed by atoms with Crippen molar-refractivity contribution in [3.05, 3.63) is 71.8 Å². The summed E-state index contributed by atoms with van der Waals surface area (Å²) in [7, 11) is 0. The third-order valence-electron chi connectivity index (χ3n) is 4.12. The van der Waals surface area contributed by atoms with Crippen LogP contribution in [0.4, 0.5) is 0 Å². The molecule has 0 spiro atoms. The Balaban J connectivity index is 1.35. The van der Waals surface area contributed by atoms with E-state index in [1.54, 1.807) is 12.1 Å². The maximum atomic E-state index is 5.26. The van der Waals surface area contributed by atoms with Crippen LogP contribution in [0.3, 0.4) is 0 Å². The third-order valence-corrected chi connectivity index (χ3v) is 4.12. The van der Waals surface area contributed by atoms with Gasteiger partial charge in [0.15, 0.2) is 0 Å². The molecule has 6 nitrogen and oxygen atoms in total. The zero-order valence-corrected chi connectivity index (χ0v) is 15.5. The molecule has 0 fully saturated rings. The van der Waals surface area contributed by atoms with E-state index in [0.29, 0.717) is 11.8 Å². The molecule has 2 heterocycles. The minimum Gasteiger partial charge on any atom is -0.337 e. The number of nitrogens with zero attached hydrogens (tertiary/aromatic N) is 4. The molecular formula is C22H18N4O2. The van der Waals surface area contributed by atoms with Crippen LogP contribution < -0.4 is 9.68 Å². The van der Waals surface area contributed by atoms with Crippen LogP contribution in [0.5, 0.6) is 11.8 Å². The van der Waals surface area contributed by atoms with Crippen molar-refractivity contribution in [1.29, 1.82) is 0 Å². The Morgan fingerprint density at radius 1 is 0.643 bits per heavy atom. The van der Waals surface area contributed by atoms with Gasteiger partial charge in [0.05, 0.1) is 23.5 Å². The zero-order valence-electron chi connectivity index (χ0n) is 15.5. The Morgan fingerprint density at radius 3 is 1.57 bits per heavy atom. The standard InChI is InChI=1S/C22H18N4O2/c1-15-3-7-19-17(13-15)5-9-21(25-19)27-23-11-12-24-28-22-10-6-18-14-16(2)4-8-20(18)26-22/h3-14H,1-2H3/b23-11+,24-12+. The number of hydrogen-bond acceptors (Lipinski definition) is 6. The molecule has 0 bridgehead atoms. The molecule has 138 valence electrons. The summed E-state index contributed by atoms with van der Waals surface area (Å²) in [6, 6.07) is 19.5. The van der Waals surface area contributed by atoms with Gasteiger partial charge in [0.25, 0.3) is 0 Å². The zero-order chi connectivity index (χ0) is 19.3. The highest BCUT2D eigenvalue weighted by molar-refractivity contribution is 6.15. The molecule has 28 heavy (non-hydrogen) atoms. The molecule has 0 aliphatic rings. The Bertz CT molecular complexity index is 1110. The van der Waals surface area contributed by atoms with Crippen LogP contribution in [0.1, 0.15) is 11.1 Å². The first kappa shape index (κ1) is 17.6. The Kier molecular flexibility index (Phi) is 4.93. The van der Waals surface area contributed by atoms with Crippen molar-refractivity contribution in [1.82, 2.24) is 9.97 Å². The van der Waals surface area contributed by atoms with E-state index in [4.69, 9.17) is 9.68 Å². The molecule has 2 aromatic carbocycles. The minimum atomic E-state index is 0.411. The predicted molar refractivity (Wildman–Crippen MR) is 111 cm³/mol. The summed E-state index contributed by atoms with van der Waals surface area (Å²) in [6.45, 7) is 4.09. The van der Waals surface area contributed by atoms with E-state index < -0.39 is 0 Å². The van der Waals surface area contributed by atoms with Gasteiger partial charge in [-0.2, -0.15) is 0 Å². The van der Waals surface area contributed by atoms with Crippen molar-refractivity contribution >= 4 is 34.2 Å². The molecule has 0 N–H and O–H groups in total. The number of aryl methyl sites for hydroxylation is 2. The van der Waals surface area contributed by atoms with Crippen LogP contribution in [-0.4, -0.2) is 22.4 Å². The molecule has 0 atom stereocenters. The van der Waals surface area contributed by atoms with E-state index in [1.807, 2.05) is 50.2 Å². The Hall–Kier alpha value is -3.80. The molecule has 0 saturated heterocycles. The summed E-state index contributed by atoms with van der Waals surface area (Å²) in [5.74, 6) is 0.821. The molecule has 0 aliphatic carbocycles. The fourth-order valence-corrected chi connectivity index (χ4v) is 2.78. The number of oxime groups is 2.